The molecule has 126 valence electrons. The highest BCUT2D eigenvalue weighted by Crippen LogP contribution is 2.42. The van der Waals surface area contributed by atoms with Gasteiger partial charge in [-0.15, -0.1) is 6.42 Å². The van der Waals surface area contributed by atoms with E-state index in [9.17, 15) is 14.7 Å². The van der Waals surface area contributed by atoms with E-state index in [0.29, 0.717) is 16.8 Å². The van der Waals surface area contributed by atoms with Crippen LogP contribution in [0.5, 0.6) is 0 Å². The zero-order valence-electron chi connectivity index (χ0n) is 14.0. The van der Waals surface area contributed by atoms with E-state index >= 15 is 0 Å². The molecule has 0 saturated carbocycles. The number of para-hydroxylation sites is 1. The Balaban J connectivity index is 1.94. The molecule has 0 spiro atoms. The number of aliphatic hydroxyl groups is 1. The number of nitrogens with zero attached hydrogens (tertiary/aromatic N) is 1. The van der Waals surface area contributed by atoms with E-state index in [4.69, 9.17) is 6.42 Å². The first kappa shape index (κ1) is 16.9. The van der Waals surface area contributed by atoms with Crippen molar-refractivity contribution in [3.8, 4) is 12.3 Å². The van der Waals surface area contributed by atoms with Gasteiger partial charge in [0.1, 0.15) is 0 Å². The summed E-state index contributed by atoms with van der Waals surface area (Å²) in [5.74, 6) is 1.59. The van der Waals surface area contributed by atoms with Gasteiger partial charge in [0.15, 0.2) is 11.4 Å². The van der Waals surface area contributed by atoms with Crippen molar-refractivity contribution < 1.29 is 14.7 Å². The summed E-state index contributed by atoms with van der Waals surface area (Å²) < 4.78 is 0. The van der Waals surface area contributed by atoms with Gasteiger partial charge in [-0.05, 0) is 18.1 Å². The minimum absolute atomic E-state index is 0.0531. The summed E-state index contributed by atoms with van der Waals surface area (Å²) in [7, 11) is 0. The Morgan fingerprint density at radius 1 is 1.20 bits per heavy atom. The molecule has 1 N–H and O–H groups in total. The third kappa shape index (κ3) is 2.84. The molecule has 4 heteroatoms. The van der Waals surface area contributed by atoms with E-state index < -0.39 is 11.5 Å². The van der Waals surface area contributed by atoms with Gasteiger partial charge in [0.05, 0.1) is 18.7 Å². The lowest BCUT2D eigenvalue weighted by Gasteiger charge is -2.21. The monoisotopic (exact) mass is 333 g/mol. The van der Waals surface area contributed by atoms with Crippen LogP contribution in [0.25, 0.3) is 0 Å². The minimum Gasteiger partial charge on any atom is -0.375 e. The highest BCUT2D eigenvalue weighted by Gasteiger charge is 2.50. The minimum atomic E-state index is -1.88. The SMILES string of the molecule is C#CCN1C(=O)C(O)(CC(=O)c2ccc(CC)cc2)c2ccccc21. The van der Waals surface area contributed by atoms with Crippen molar-refractivity contribution in [2.45, 2.75) is 25.4 Å². The number of aryl methyl sites for hydroxylation is 1. The number of fused-ring (bicyclic) bond motifs is 1. The molecule has 25 heavy (non-hydrogen) atoms. The molecule has 1 atom stereocenters. The van der Waals surface area contributed by atoms with Crippen LogP contribution in [0.3, 0.4) is 0 Å². The smallest absolute Gasteiger partial charge is 0.265 e. The number of anilines is 1. The Morgan fingerprint density at radius 3 is 2.52 bits per heavy atom. The van der Waals surface area contributed by atoms with Gasteiger partial charge in [-0.2, -0.15) is 0 Å². The number of hydrogen-bond acceptors (Lipinski definition) is 3. The fourth-order valence-electron chi connectivity index (χ4n) is 3.19. The normalized spacial score (nSPS) is 18.8. The molecule has 1 heterocycles. The molecule has 4 nitrogen and oxygen atoms in total. The number of ketones is 1. The van der Waals surface area contributed by atoms with E-state index in [1.807, 2.05) is 19.1 Å². The number of carbonyl (C=O) groups is 2. The number of carbonyl (C=O) groups excluding carboxylic acids is 2. The molecule has 1 aliphatic rings. The molecule has 0 radical (unpaired) electrons. The molecule has 0 saturated heterocycles. The van der Waals surface area contributed by atoms with Crippen LogP contribution < -0.4 is 4.90 Å². The second-order valence-corrected chi connectivity index (χ2v) is 6.12. The Bertz CT molecular complexity index is 863. The highest BCUT2D eigenvalue weighted by atomic mass is 16.3. The van der Waals surface area contributed by atoms with E-state index in [2.05, 4.69) is 5.92 Å². The van der Waals surface area contributed by atoms with Gasteiger partial charge in [-0.1, -0.05) is 55.3 Å². The summed E-state index contributed by atoms with van der Waals surface area (Å²) in [6.07, 6.45) is 5.91. The van der Waals surface area contributed by atoms with E-state index in [0.717, 1.165) is 12.0 Å². The van der Waals surface area contributed by atoms with Gasteiger partial charge in [-0.25, -0.2) is 0 Å². The first-order valence-electron chi connectivity index (χ1n) is 8.20. The predicted molar refractivity (Wildman–Crippen MR) is 96.3 cm³/mol. The third-order valence-corrected chi connectivity index (χ3v) is 4.59. The molecular weight excluding hydrogens is 314 g/mol. The van der Waals surface area contributed by atoms with Crippen LogP contribution in [0.1, 0.15) is 34.8 Å². The van der Waals surface area contributed by atoms with Crippen molar-refractivity contribution in [1.82, 2.24) is 0 Å². The summed E-state index contributed by atoms with van der Waals surface area (Å²) in [5.41, 5.74) is 0.702. The van der Waals surface area contributed by atoms with Crippen LogP contribution in [0.2, 0.25) is 0 Å². The van der Waals surface area contributed by atoms with Crippen LogP contribution in [-0.2, 0) is 16.8 Å². The van der Waals surface area contributed by atoms with Crippen molar-refractivity contribution in [3.63, 3.8) is 0 Å². The third-order valence-electron chi connectivity index (χ3n) is 4.59. The van der Waals surface area contributed by atoms with Crippen molar-refractivity contribution in [3.05, 3.63) is 65.2 Å². The van der Waals surface area contributed by atoms with Crippen molar-refractivity contribution >= 4 is 17.4 Å². The van der Waals surface area contributed by atoms with Gasteiger partial charge in [0.25, 0.3) is 5.91 Å². The van der Waals surface area contributed by atoms with Crippen LogP contribution in [0, 0.1) is 12.3 Å². The summed E-state index contributed by atoms with van der Waals surface area (Å²) in [4.78, 5) is 26.8. The van der Waals surface area contributed by atoms with Gasteiger partial charge >= 0.3 is 0 Å². The zero-order chi connectivity index (χ0) is 18.0. The number of terminal acetylenes is 1. The maximum absolute atomic E-state index is 12.8. The largest absolute Gasteiger partial charge is 0.375 e. The van der Waals surface area contributed by atoms with Gasteiger partial charge in [-0.3, -0.25) is 14.5 Å². The van der Waals surface area contributed by atoms with Gasteiger partial charge in [0.2, 0.25) is 0 Å². The quantitative estimate of drug-likeness (QED) is 0.676. The topological polar surface area (TPSA) is 57.6 Å². The summed E-state index contributed by atoms with van der Waals surface area (Å²) in [5, 5.41) is 11.1. The number of benzene rings is 2. The number of rotatable bonds is 5. The van der Waals surface area contributed by atoms with E-state index in [1.165, 1.54) is 4.90 Å². The molecule has 2 aromatic rings. The molecule has 0 fully saturated rings. The van der Waals surface area contributed by atoms with Crippen LogP contribution in [0.15, 0.2) is 48.5 Å². The second kappa shape index (κ2) is 6.54. The predicted octanol–water partition coefficient (Wildman–Crippen LogP) is 2.69. The maximum atomic E-state index is 12.8. The fourth-order valence-corrected chi connectivity index (χ4v) is 3.19. The van der Waals surface area contributed by atoms with E-state index in [1.54, 1.807) is 36.4 Å². The Kier molecular flexibility index (Phi) is 4.43. The lowest BCUT2D eigenvalue weighted by molar-refractivity contribution is -0.135. The van der Waals surface area contributed by atoms with E-state index in [-0.39, 0.29) is 18.7 Å². The zero-order valence-corrected chi connectivity index (χ0v) is 14.0. The number of amides is 1. The fraction of sp³-hybridized carbons (Fsp3) is 0.238. The second-order valence-electron chi connectivity index (χ2n) is 6.12. The summed E-state index contributed by atoms with van der Waals surface area (Å²) in [6, 6.07) is 14.1. The lowest BCUT2D eigenvalue weighted by atomic mass is 9.88. The summed E-state index contributed by atoms with van der Waals surface area (Å²) >= 11 is 0. The number of hydrogen-bond donors (Lipinski definition) is 1. The Hall–Kier alpha value is -2.90. The van der Waals surface area contributed by atoms with Crippen molar-refractivity contribution in [2.75, 3.05) is 11.4 Å². The molecule has 1 unspecified atom stereocenters. The molecule has 3 rings (SSSR count). The highest BCUT2D eigenvalue weighted by molar-refractivity contribution is 6.11. The molecule has 0 aromatic heterocycles. The molecule has 2 aromatic carbocycles. The Labute approximate surface area is 147 Å². The van der Waals surface area contributed by atoms with Crippen LogP contribution in [0.4, 0.5) is 5.69 Å². The maximum Gasteiger partial charge on any atom is 0.265 e. The average Bonchev–Trinajstić information content (AvgIpc) is 2.84. The first-order chi connectivity index (χ1) is 12.0. The molecular formula is C21H19NO3. The van der Waals surface area contributed by atoms with Crippen LogP contribution >= 0.6 is 0 Å². The Morgan fingerprint density at radius 2 is 1.88 bits per heavy atom. The molecule has 1 aliphatic heterocycles. The molecule has 0 aliphatic carbocycles. The molecule has 0 bridgehead atoms. The lowest BCUT2D eigenvalue weighted by Crippen LogP contribution is -2.42. The van der Waals surface area contributed by atoms with Gasteiger partial charge in [0, 0.05) is 11.1 Å². The molecule has 1 amide bonds. The van der Waals surface area contributed by atoms with Gasteiger partial charge < -0.3 is 5.11 Å². The first-order valence-corrected chi connectivity index (χ1v) is 8.20. The van der Waals surface area contributed by atoms with Crippen molar-refractivity contribution in [2.24, 2.45) is 0 Å². The van der Waals surface area contributed by atoms with Crippen LogP contribution in [-0.4, -0.2) is 23.3 Å². The number of Topliss-reactive ketones (excluding diaryl/α,β-unsaturated/α-hetero) is 1. The average molecular weight is 333 g/mol. The standard InChI is InChI=1S/C21H19NO3/c1-3-13-22-18-8-6-5-7-17(18)21(25,20(22)24)14-19(23)16-11-9-15(4-2)10-12-16/h1,5-12,25H,4,13-14H2,2H3. The summed E-state index contributed by atoms with van der Waals surface area (Å²) in [6.45, 7) is 2.09. The van der Waals surface area contributed by atoms with Crippen molar-refractivity contribution in [1.29, 1.82) is 0 Å².